The number of aryl methyl sites for hydroxylation is 1. The van der Waals surface area contributed by atoms with Crippen LogP contribution in [0.4, 0.5) is 5.69 Å². The van der Waals surface area contributed by atoms with Gasteiger partial charge in [0.25, 0.3) is 15.9 Å². The zero-order chi connectivity index (χ0) is 18.6. The maximum atomic E-state index is 12.7. The minimum atomic E-state index is -3.80. The number of carbonyl (C=O) groups is 1. The summed E-state index contributed by atoms with van der Waals surface area (Å²) in [5.74, 6) is -0.182. The van der Waals surface area contributed by atoms with Crippen LogP contribution in [0.3, 0.4) is 0 Å². The van der Waals surface area contributed by atoms with Crippen LogP contribution in [0.15, 0.2) is 51.8 Å². The zero-order valence-corrected chi connectivity index (χ0v) is 16.8. The van der Waals surface area contributed by atoms with Crippen LogP contribution in [0.2, 0.25) is 0 Å². The first-order chi connectivity index (χ1) is 11.8. The lowest BCUT2D eigenvalue weighted by Crippen LogP contribution is -2.30. The second-order valence-electron chi connectivity index (χ2n) is 5.59. The van der Waals surface area contributed by atoms with Crippen molar-refractivity contribution in [3.8, 4) is 0 Å². The van der Waals surface area contributed by atoms with Gasteiger partial charge >= 0.3 is 0 Å². The number of anilines is 1. The molecule has 0 aliphatic carbocycles. The van der Waals surface area contributed by atoms with E-state index in [9.17, 15) is 13.2 Å². The van der Waals surface area contributed by atoms with Crippen LogP contribution in [-0.2, 0) is 10.0 Å². The van der Waals surface area contributed by atoms with Crippen molar-refractivity contribution < 1.29 is 13.2 Å². The van der Waals surface area contributed by atoms with Crippen molar-refractivity contribution in [1.82, 2.24) is 4.90 Å². The number of rotatable bonds is 6. The quantitative estimate of drug-likeness (QED) is 0.760. The van der Waals surface area contributed by atoms with E-state index >= 15 is 0 Å². The van der Waals surface area contributed by atoms with Crippen molar-refractivity contribution in [1.29, 1.82) is 0 Å². The van der Waals surface area contributed by atoms with Crippen LogP contribution in [0.1, 0.15) is 29.8 Å². The van der Waals surface area contributed by atoms with Gasteiger partial charge in [-0.3, -0.25) is 9.52 Å². The van der Waals surface area contributed by atoms with Crippen LogP contribution in [0, 0.1) is 6.92 Å². The number of amides is 1. The molecular formula is C18H21BrN2O3S. The molecule has 25 heavy (non-hydrogen) atoms. The van der Waals surface area contributed by atoms with Crippen LogP contribution in [-0.4, -0.2) is 32.3 Å². The molecule has 0 radical (unpaired) electrons. The smallest absolute Gasteiger partial charge is 0.261 e. The van der Waals surface area contributed by atoms with Crippen molar-refractivity contribution in [2.75, 3.05) is 17.8 Å². The lowest BCUT2D eigenvalue weighted by molar-refractivity contribution is 0.0772. The predicted octanol–water partition coefficient (Wildman–Crippen LogP) is 4.04. The van der Waals surface area contributed by atoms with Crippen molar-refractivity contribution >= 4 is 37.5 Å². The highest BCUT2D eigenvalue weighted by atomic mass is 79.9. The lowest BCUT2D eigenvalue weighted by atomic mass is 10.2. The van der Waals surface area contributed by atoms with E-state index in [0.717, 1.165) is 5.56 Å². The molecule has 2 rings (SSSR count). The maximum Gasteiger partial charge on any atom is 0.261 e. The summed E-state index contributed by atoms with van der Waals surface area (Å²) < 4.78 is 28.6. The van der Waals surface area contributed by atoms with Gasteiger partial charge in [0.1, 0.15) is 0 Å². The monoisotopic (exact) mass is 424 g/mol. The number of halogens is 1. The van der Waals surface area contributed by atoms with Gasteiger partial charge in [0.2, 0.25) is 0 Å². The van der Waals surface area contributed by atoms with Gasteiger partial charge in [-0.05, 0) is 72.6 Å². The van der Waals surface area contributed by atoms with Crippen molar-refractivity contribution in [2.45, 2.75) is 25.7 Å². The first-order valence-electron chi connectivity index (χ1n) is 7.96. The normalized spacial score (nSPS) is 11.2. The Hall–Kier alpha value is -1.86. The van der Waals surface area contributed by atoms with E-state index in [4.69, 9.17) is 0 Å². The molecule has 5 nitrogen and oxygen atoms in total. The van der Waals surface area contributed by atoms with E-state index in [2.05, 4.69) is 20.7 Å². The van der Waals surface area contributed by atoms with E-state index in [0.29, 0.717) is 28.8 Å². The minimum Gasteiger partial charge on any atom is -0.339 e. The van der Waals surface area contributed by atoms with Gasteiger partial charge in [-0.15, -0.1) is 0 Å². The van der Waals surface area contributed by atoms with Gasteiger partial charge in [-0.1, -0.05) is 12.1 Å². The fourth-order valence-electron chi connectivity index (χ4n) is 2.41. The highest BCUT2D eigenvalue weighted by Gasteiger charge is 2.19. The number of nitrogens with one attached hydrogen (secondary N) is 1. The van der Waals surface area contributed by atoms with E-state index in [-0.39, 0.29) is 10.8 Å². The topological polar surface area (TPSA) is 66.5 Å². The predicted molar refractivity (Wildman–Crippen MR) is 103 cm³/mol. The van der Waals surface area contributed by atoms with E-state index in [1.807, 2.05) is 26.8 Å². The molecule has 0 saturated carbocycles. The van der Waals surface area contributed by atoms with Crippen molar-refractivity contribution in [3.63, 3.8) is 0 Å². The fourth-order valence-corrected chi connectivity index (χ4v) is 4.00. The highest BCUT2D eigenvalue weighted by Crippen LogP contribution is 2.26. The SMILES string of the molecule is CCN(CC)C(=O)c1cccc(S(=O)(=O)Nc2cc(C)ccc2Br)c1. The number of hydrogen-bond donors (Lipinski definition) is 1. The number of nitrogens with zero attached hydrogens (tertiary/aromatic N) is 1. The number of hydrogen-bond acceptors (Lipinski definition) is 3. The average Bonchev–Trinajstić information content (AvgIpc) is 2.59. The summed E-state index contributed by atoms with van der Waals surface area (Å²) in [5, 5.41) is 0. The molecule has 2 aromatic carbocycles. The Morgan fingerprint density at radius 3 is 2.44 bits per heavy atom. The van der Waals surface area contributed by atoms with Crippen LogP contribution >= 0.6 is 15.9 Å². The van der Waals surface area contributed by atoms with E-state index < -0.39 is 10.0 Å². The van der Waals surface area contributed by atoms with Crippen molar-refractivity contribution in [2.24, 2.45) is 0 Å². The second kappa shape index (κ2) is 8.01. The minimum absolute atomic E-state index is 0.0545. The standard InChI is InChI=1S/C18H21BrN2O3S/c1-4-21(5-2)18(22)14-7-6-8-15(12-14)25(23,24)20-17-11-13(3)9-10-16(17)19/h6-12,20H,4-5H2,1-3H3. The zero-order valence-electron chi connectivity index (χ0n) is 14.4. The maximum absolute atomic E-state index is 12.7. The summed E-state index contributed by atoms with van der Waals surface area (Å²) in [6, 6.07) is 11.5. The molecule has 0 aromatic heterocycles. The Balaban J connectivity index is 2.35. The van der Waals surface area contributed by atoms with Crippen LogP contribution in [0.25, 0.3) is 0 Å². The molecule has 2 aromatic rings. The molecule has 0 saturated heterocycles. The molecule has 1 N–H and O–H groups in total. The lowest BCUT2D eigenvalue weighted by Gasteiger charge is -2.19. The summed E-state index contributed by atoms with van der Waals surface area (Å²) in [6.45, 7) is 6.80. The molecule has 0 aliphatic heterocycles. The summed E-state index contributed by atoms with van der Waals surface area (Å²) in [5.41, 5.74) is 1.75. The molecule has 0 spiro atoms. The van der Waals surface area contributed by atoms with Crippen LogP contribution < -0.4 is 4.72 Å². The number of sulfonamides is 1. The number of benzene rings is 2. The highest BCUT2D eigenvalue weighted by molar-refractivity contribution is 9.10. The molecule has 134 valence electrons. The first kappa shape index (κ1) is 19.5. The van der Waals surface area contributed by atoms with Gasteiger partial charge in [-0.2, -0.15) is 0 Å². The molecule has 0 heterocycles. The van der Waals surface area contributed by atoms with Gasteiger partial charge in [0.05, 0.1) is 10.6 Å². The van der Waals surface area contributed by atoms with Gasteiger partial charge in [-0.25, -0.2) is 8.42 Å². The van der Waals surface area contributed by atoms with E-state index in [1.165, 1.54) is 12.1 Å². The molecule has 0 aliphatic rings. The van der Waals surface area contributed by atoms with Gasteiger partial charge < -0.3 is 4.90 Å². The number of carbonyl (C=O) groups excluding carboxylic acids is 1. The first-order valence-corrected chi connectivity index (χ1v) is 10.2. The Morgan fingerprint density at radius 1 is 1.12 bits per heavy atom. The third kappa shape index (κ3) is 4.61. The summed E-state index contributed by atoms with van der Waals surface area (Å²) in [6.07, 6.45) is 0. The van der Waals surface area contributed by atoms with Gasteiger partial charge in [0.15, 0.2) is 0 Å². The Labute approximate surface area is 157 Å². The fraction of sp³-hybridized carbons (Fsp3) is 0.278. The van der Waals surface area contributed by atoms with Gasteiger partial charge in [0, 0.05) is 23.1 Å². The molecule has 1 amide bonds. The third-order valence-corrected chi connectivity index (χ3v) is 5.86. The third-order valence-electron chi connectivity index (χ3n) is 3.81. The summed E-state index contributed by atoms with van der Waals surface area (Å²) >= 11 is 3.34. The molecule has 7 heteroatoms. The summed E-state index contributed by atoms with van der Waals surface area (Å²) in [4.78, 5) is 14.2. The van der Waals surface area contributed by atoms with E-state index in [1.54, 1.807) is 29.2 Å². The molecule has 0 atom stereocenters. The Bertz CT molecular complexity index is 878. The molecule has 0 fully saturated rings. The summed E-state index contributed by atoms with van der Waals surface area (Å²) in [7, 11) is -3.80. The molecule has 0 unspecified atom stereocenters. The van der Waals surface area contributed by atoms with Crippen LogP contribution in [0.5, 0.6) is 0 Å². The Morgan fingerprint density at radius 2 is 1.80 bits per heavy atom. The molecular weight excluding hydrogens is 404 g/mol. The largest absolute Gasteiger partial charge is 0.339 e. The average molecular weight is 425 g/mol. The Kier molecular flexibility index (Phi) is 6.24. The van der Waals surface area contributed by atoms with Crippen molar-refractivity contribution in [3.05, 3.63) is 58.1 Å². The second-order valence-corrected chi connectivity index (χ2v) is 8.13. The molecule has 0 bridgehead atoms.